The molecule has 5 heteroatoms. The van der Waals surface area contributed by atoms with Gasteiger partial charge in [-0.2, -0.15) is 10.5 Å². The largest absolute Gasteiger partial charge is 0.499 e. The fourth-order valence-corrected chi connectivity index (χ4v) is 0.972. The first kappa shape index (κ1) is 9.82. The number of nitrogens with two attached hydrogens (primary N) is 1. The molecule has 0 saturated carbocycles. The summed E-state index contributed by atoms with van der Waals surface area (Å²) in [5.74, 6) is 0.0648. The van der Waals surface area contributed by atoms with E-state index in [9.17, 15) is 0 Å². The Kier molecular flexibility index (Phi) is 2.88. The van der Waals surface area contributed by atoms with E-state index < -0.39 is 0 Å². The van der Waals surface area contributed by atoms with Crippen LogP contribution in [0.5, 0.6) is 0 Å². The molecule has 70 valence electrons. The summed E-state index contributed by atoms with van der Waals surface area (Å²) < 4.78 is 4.97. The molecule has 0 fully saturated rings. The van der Waals surface area contributed by atoms with E-state index in [2.05, 4.69) is 4.99 Å². The highest BCUT2D eigenvalue weighted by atomic mass is 16.5. The molecule has 0 atom stereocenters. The van der Waals surface area contributed by atoms with E-state index in [-0.39, 0.29) is 17.0 Å². The molecule has 0 aromatic heterocycles. The minimum Gasteiger partial charge on any atom is -0.499 e. The Morgan fingerprint density at radius 1 is 1.43 bits per heavy atom. The first-order valence-electron chi connectivity index (χ1n) is 3.95. The van der Waals surface area contributed by atoms with Gasteiger partial charge in [-0.05, 0) is 6.92 Å². The quantitative estimate of drug-likeness (QED) is 0.641. The monoisotopic (exact) mass is 188 g/mol. The number of rotatable bonds is 2. The fraction of sp³-hybridized carbons (Fsp3) is 0.222. The van der Waals surface area contributed by atoms with Gasteiger partial charge in [-0.25, -0.2) is 4.99 Å². The fourth-order valence-electron chi connectivity index (χ4n) is 0.972. The number of nitrogens with zero attached hydrogens (tertiary/aromatic N) is 3. The Hall–Kier alpha value is -2.27. The van der Waals surface area contributed by atoms with Crippen molar-refractivity contribution in [1.82, 2.24) is 0 Å². The second kappa shape index (κ2) is 4.11. The molecular weight excluding hydrogens is 180 g/mol. The molecule has 1 rings (SSSR count). The SMILES string of the molecule is CCOC=C1N=C(N)C(C#N)=C1C#N. The Bertz CT molecular complexity index is 417. The molecule has 0 amide bonds. The Balaban J connectivity index is 3.12. The Morgan fingerprint density at radius 3 is 2.57 bits per heavy atom. The lowest BCUT2D eigenvalue weighted by atomic mass is 10.1. The molecule has 0 aromatic rings. The summed E-state index contributed by atoms with van der Waals surface area (Å²) in [7, 11) is 0. The molecular formula is C9H8N4O. The first-order chi connectivity index (χ1) is 6.74. The molecule has 0 aromatic carbocycles. The number of allylic oxidation sites excluding steroid dienone is 1. The van der Waals surface area contributed by atoms with Gasteiger partial charge < -0.3 is 10.5 Å². The van der Waals surface area contributed by atoms with Gasteiger partial charge in [0.25, 0.3) is 0 Å². The van der Waals surface area contributed by atoms with Crippen LogP contribution >= 0.6 is 0 Å². The summed E-state index contributed by atoms with van der Waals surface area (Å²) in [4.78, 5) is 3.84. The van der Waals surface area contributed by atoms with Crippen LogP contribution in [0.2, 0.25) is 0 Å². The zero-order chi connectivity index (χ0) is 10.6. The van der Waals surface area contributed by atoms with Gasteiger partial charge in [0.1, 0.15) is 41.1 Å². The van der Waals surface area contributed by atoms with E-state index in [1.807, 2.05) is 12.1 Å². The van der Waals surface area contributed by atoms with Crippen molar-refractivity contribution in [3.8, 4) is 12.1 Å². The molecule has 2 N–H and O–H groups in total. The highest BCUT2D eigenvalue weighted by molar-refractivity contribution is 6.06. The van der Waals surface area contributed by atoms with E-state index in [1.54, 1.807) is 6.92 Å². The summed E-state index contributed by atoms with van der Waals surface area (Å²) in [6.07, 6.45) is 1.33. The predicted molar refractivity (Wildman–Crippen MR) is 49.6 cm³/mol. The molecule has 14 heavy (non-hydrogen) atoms. The van der Waals surface area contributed by atoms with Gasteiger partial charge in [-0.3, -0.25) is 0 Å². The van der Waals surface area contributed by atoms with Gasteiger partial charge >= 0.3 is 0 Å². The van der Waals surface area contributed by atoms with Crippen molar-refractivity contribution in [2.24, 2.45) is 10.7 Å². The van der Waals surface area contributed by atoms with Gasteiger partial charge in [0.2, 0.25) is 0 Å². The van der Waals surface area contributed by atoms with Crippen molar-refractivity contribution in [1.29, 1.82) is 10.5 Å². The van der Waals surface area contributed by atoms with Crippen LogP contribution in [0.1, 0.15) is 6.92 Å². The Morgan fingerprint density at radius 2 is 2.07 bits per heavy atom. The van der Waals surface area contributed by atoms with Crippen molar-refractivity contribution in [3.63, 3.8) is 0 Å². The molecule has 1 aliphatic rings. The maximum Gasteiger partial charge on any atom is 0.143 e. The molecule has 0 spiro atoms. The van der Waals surface area contributed by atoms with E-state index in [4.69, 9.17) is 21.0 Å². The van der Waals surface area contributed by atoms with Crippen LogP contribution in [0, 0.1) is 22.7 Å². The van der Waals surface area contributed by atoms with Gasteiger partial charge in [-0.15, -0.1) is 0 Å². The Labute approximate surface area is 81.4 Å². The third-order valence-electron chi connectivity index (χ3n) is 1.59. The minimum absolute atomic E-state index is 0.0648. The molecule has 0 unspecified atom stereocenters. The van der Waals surface area contributed by atoms with Gasteiger partial charge in [-0.1, -0.05) is 0 Å². The summed E-state index contributed by atoms with van der Waals surface area (Å²) in [6.45, 7) is 2.28. The van der Waals surface area contributed by atoms with Crippen molar-refractivity contribution < 1.29 is 4.74 Å². The second-order valence-corrected chi connectivity index (χ2v) is 2.43. The lowest BCUT2D eigenvalue weighted by Crippen LogP contribution is -2.10. The van der Waals surface area contributed by atoms with E-state index in [1.165, 1.54) is 6.26 Å². The molecule has 0 bridgehead atoms. The third-order valence-corrected chi connectivity index (χ3v) is 1.59. The number of hydrogen-bond acceptors (Lipinski definition) is 5. The zero-order valence-electron chi connectivity index (χ0n) is 7.61. The number of aliphatic imine (C=N–C) groups is 1. The van der Waals surface area contributed by atoms with Crippen LogP contribution in [-0.4, -0.2) is 12.4 Å². The zero-order valence-corrected chi connectivity index (χ0v) is 7.61. The first-order valence-corrected chi connectivity index (χ1v) is 3.95. The van der Waals surface area contributed by atoms with E-state index in [0.717, 1.165) is 0 Å². The highest BCUT2D eigenvalue weighted by Crippen LogP contribution is 2.22. The van der Waals surface area contributed by atoms with Crippen LogP contribution < -0.4 is 5.73 Å². The number of nitriles is 2. The topological polar surface area (TPSA) is 95.2 Å². The predicted octanol–water partition coefficient (Wildman–Crippen LogP) is 0.579. The summed E-state index contributed by atoms with van der Waals surface area (Å²) in [6, 6.07) is 3.69. The maximum absolute atomic E-state index is 8.77. The maximum atomic E-state index is 8.77. The average molecular weight is 188 g/mol. The van der Waals surface area contributed by atoms with Crippen LogP contribution in [0.25, 0.3) is 0 Å². The van der Waals surface area contributed by atoms with Crippen molar-refractivity contribution in [2.75, 3.05) is 6.61 Å². The van der Waals surface area contributed by atoms with E-state index in [0.29, 0.717) is 12.3 Å². The average Bonchev–Trinajstić information content (AvgIpc) is 2.50. The summed E-state index contributed by atoms with van der Waals surface area (Å²) in [5, 5.41) is 17.5. The van der Waals surface area contributed by atoms with Crippen molar-refractivity contribution in [2.45, 2.75) is 6.92 Å². The van der Waals surface area contributed by atoms with Crippen LogP contribution in [-0.2, 0) is 4.74 Å². The van der Waals surface area contributed by atoms with Crippen LogP contribution in [0.3, 0.4) is 0 Å². The number of amidine groups is 1. The molecule has 0 saturated heterocycles. The number of hydrogen-bond donors (Lipinski definition) is 1. The molecule has 1 aliphatic heterocycles. The van der Waals surface area contributed by atoms with Gasteiger partial charge in [0.15, 0.2) is 0 Å². The minimum atomic E-state index is 0.0648. The highest BCUT2D eigenvalue weighted by Gasteiger charge is 2.21. The van der Waals surface area contributed by atoms with Crippen LogP contribution in [0.15, 0.2) is 28.1 Å². The van der Waals surface area contributed by atoms with Gasteiger partial charge in [0.05, 0.1) is 6.61 Å². The smallest absolute Gasteiger partial charge is 0.143 e. The summed E-state index contributed by atoms with van der Waals surface area (Å²) in [5.41, 5.74) is 6.02. The molecule has 0 aliphatic carbocycles. The summed E-state index contributed by atoms with van der Waals surface area (Å²) >= 11 is 0. The van der Waals surface area contributed by atoms with Crippen molar-refractivity contribution in [3.05, 3.63) is 23.1 Å². The van der Waals surface area contributed by atoms with Gasteiger partial charge in [0, 0.05) is 0 Å². The molecule has 0 radical (unpaired) electrons. The van der Waals surface area contributed by atoms with E-state index >= 15 is 0 Å². The molecule has 5 nitrogen and oxygen atoms in total. The molecule has 1 heterocycles. The van der Waals surface area contributed by atoms with Crippen LogP contribution in [0.4, 0.5) is 0 Å². The standard InChI is InChI=1S/C9H8N4O/c1-2-14-5-8-6(3-10)7(4-11)9(12)13-8/h5H,2H2,1H3,(H2,12,13). The number of ether oxygens (including phenoxy) is 1. The third kappa shape index (κ3) is 1.57. The lowest BCUT2D eigenvalue weighted by Gasteiger charge is -1.95. The lowest BCUT2D eigenvalue weighted by molar-refractivity contribution is 0.266. The van der Waals surface area contributed by atoms with Crippen molar-refractivity contribution >= 4 is 5.84 Å². The normalized spacial score (nSPS) is 17.6. The second-order valence-electron chi connectivity index (χ2n) is 2.43.